The molecule has 0 saturated heterocycles. The number of rotatable bonds is 6. The molecule has 0 radical (unpaired) electrons. The normalized spacial score (nSPS) is 10.9. The summed E-state index contributed by atoms with van der Waals surface area (Å²) in [6, 6.07) is 1.93. The average Bonchev–Trinajstić information content (AvgIpc) is 2.20. The SMILES string of the molecule is CC(C)COCCSc1ccncc1N. The van der Waals surface area contributed by atoms with Crippen molar-refractivity contribution in [2.75, 3.05) is 24.7 Å². The van der Waals surface area contributed by atoms with Crippen molar-refractivity contribution in [2.45, 2.75) is 18.7 Å². The maximum atomic E-state index is 5.76. The molecule has 0 atom stereocenters. The third kappa shape index (κ3) is 5.04. The maximum absolute atomic E-state index is 5.76. The van der Waals surface area contributed by atoms with Gasteiger partial charge in [0.2, 0.25) is 0 Å². The maximum Gasteiger partial charge on any atom is 0.0638 e. The Morgan fingerprint density at radius 3 is 3.00 bits per heavy atom. The fourth-order valence-corrected chi connectivity index (χ4v) is 1.85. The summed E-state index contributed by atoms with van der Waals surface area (Å²) < 4.78 is 5.48. The van der Waals surface area contributed by atoms with Gasteiger partial charge in [-0.25, -0.2) is 0 Å². The molecule has 3 nitrogen and oxygen atoms in total. The Balaban J connectivity index is 2.18. The average molecular weight is 226 g/mol. The van der Waals surface area contributed by atoms with E-state index in [1.807, 2.05) is 6.07 Å². The fourth-order valence-electron chi connectivity index (χ4n) is 1.05. The van der Waals surface area contributed by atoms with Gasteiger partial charge in [0.05, 0.1) is 18.5 Å². The second kappa shape index (κ2) is 6.69. The molecule has 0 unspecified atom stereocenters. The minimum Gasteiger partial charge on any atom is -0.397 e. The molecule has 1 rings (SSSR count). The Bertz CT molecular complexity index is 292. The van der Waals surface area contributed by atoms with Gasteiger partial charge in [-0.05, 0) is 12.0 Å². The van der Waals surface area contributed by atoms with Crippen LogP contribution in [-0.4, -0.2) is 24.0 Å². The molecule has 0 fully saturated rings. The van der Waals surface area contributed by atoms with Crippen molar-refractivity contribution < 1.29 is 4.74 Å². The van der Waals surface area contributed by atoms with Crippen LogP contribution in [-0.2, 0) is 4.74 Å². The van der Waals surface area contributed by atoms with Crippen LogP contribution in [0.1, 0.15) is 13.8 Å². The molecule has 0 aliphatic rings. The number of nitrogens with zero attached hydrogens (tertiary/aromatic N) is 1. The van der Waals surface area contributed by atoms with Gasteiger partial charge >= 0.3 is 0 Å². The van der Waals surface area contributed by atoms with E-state index in [9.17, 15) is 0 Å². The van der Waals surface area contributed by atoms with E-state index in [2.05, 4.69) is 18.8 Å². The quantitative estimate of drug-likeness (QED) is 0.598. The highest BCUT2D eigenvalue weighted by Crippen LogP contribution is 2.22. The lowest BCUT2D eigenvalue weighted by Gasteiger charge is -2.07. The first-order chi connectivity index (χ1) is 7.20. The number of ether oxygens (including phenoxy) is 1. The summed E-state index contributed by atoms with van der Waals surface area (Å²) in [4.78, 5) is 5.02. The molecule has 0 saturated carbocycles. The van der Waals surface area contributed by atoms with Crippen molar-refractivity contribution in [3.8, 4) is 0 Å². The first-order valence-corrected chi connectivity index (χ1v) is 6.08. The predicted molar refractivity (Wildman–Crippen MR) is 65.0 cm³/mol. The van der Waals surface area contributed by atoms with Crippen LogP contribution >= 0.6 is 11.8 Å². The molecular formula is C11H18N2OS. The molecule has 0 aliphatic carbocycles. The van der Waals surface area contributed by atoms with Crippen LogP contribution < -0.4 is 5.73 Å². The van der Waals surface area contributed by atoms with Gasteiger partial charge in [0.25, 0.3) is 0 Å². The Morgan fingerprint density at radius 1 is 1.53 bits per heavy atom. The summed E-state index contributed by atoms with van der Waals surface area (Å²) in [6.45, 7) is 5.89. The van der Waals surface area contributed by atoms with Crippen LogP contribution in [0.4, 0.5) is 5.69 Å². The number of hydrogen-bond donors (Lipinski definition) is 1. The van der Waals surface area contributed by atoms with Crippen LogP contribution in [0.3, 0.4) is 0 Å². The minimum atomic E-state index is 0.598. The van der Waals surface area contributed by atoms with Gasteiger partial charge in [0, 0.05) is 23.5 Å². The molecule has 0 spiro atoms. The molecule has 0 aromatic carbocycles. The number of nitrogens with two attached hydrogens (primary N) is 1. The van der Waals surface area contributed by atoms with Gasteiger partial charge in [-0.2, -0.15) is 0 Å². The van der Waals surface area contributed by atoms with Gasteiger partial charge in [-0.3, -0.25) is 4.98 Å². The molecule has 2 N–H and O–H groups in total. The summed E-state index contributed by atoms with van der Waals surface area (Å²) in [5.41, 5.74) is 6.50. The van der Waals surface area contributed by atoms with Gasteiger partial charge in [0.1, 0.15) is 0 Å². The zero-order valence-electron chi connectivity index (χ0n) is 9.27. The first kappa shape index (κ1) is 12.3. The second-order valence-corrected chi connectivity index (χ2v) is 4.87. The summed E-state index contributed by atoms with van der Waals surface area (Å²) in [6.07, 6.45) is 3.44. The Morgan fingerprint density at radius 2 is 2.33 bits per heavy atom. The van der Waals surface area contributed by atoms with Gasteiger partial charge in [0.15, 0.2) is 0 Å². The molecule has 1 aromatic heterocycles. The summed E-state index contributed by atoms with van der Waals surface area (Å²) in [7, 11) is 0. The number of thioether (sulfide) groups is 1. The molecule has 1 aromatic rings. The van der Waals surface area contributed by atoms with E-state index in [0.717, 1.165) is 29.5 Å². The fraction of sp³-hybridized carbons (Fsp3) is 0.545. The number of hydrogen-bond acceptors (Lipinski definition) is 4. The number of nitrogen functional groups attached to an aromatic ring is 1. The van der Waals surface area contributed by atoms with Crippen LogP contribution in [0.25, 0.3) is 0 Å². The predicted octanol–water partition coefficient (Wildman–Crippen LogP) is 2.43. The molecule has 4 heteroatoms. The van der Waals surface area contributed by atoms with E-state index in [4.69, 9.17) is 10.5 Å². The molecule has 15 heavy (non-hydrogen) atoms. The van der Waals surface area contributed by atoms with E-state index in [1.165, 1.54) is 0 Å². The van der Waals surface area contributed by atoms with Crippen molar-refractivity contribution in [1.29, 1.82) is 0 Å². The number of anilines is 1. The zero-order valence-corrected chi connectivity index (χ0v) is 10.1. The smallest absolute Gasteiger partial charge is 0.0638 e. The topological polar surface area (TPSA) is 48.1 Å². The number of aromatic nitrogens is 1. The van der Waals surface area contributed by atoms with E-state index in [-0.39, 0.29) is 0 Å². The monoisotopic (exact) mass is 226 g/mol. The highest BCUT2D eigenvalue weighted by atomic mass is 32.2. The van der Waals surface area contributed by atoms with Crippen molar-refractivity contribution in [1.82, 2.24) is 4.98 Å². The van der Waals surface area contributed by atoms with Crippen LogP contribution in [0.15, 0.2) is 23.4 Å². The molecule has 84 valence electrons. The number of pyridine rings is 1. The standard InChI is InChI=1S/C11H18N2OS/c1-9(2)8-14-5-6-15-11-3-4-13-7-10(11)12/h3-4,7,9H,5-6,8,12H2,1-2H3. The Kier molecular flexibility index (Phi) is 5.50. The van der Waals surface area contributed by atoms with E-state index in [1.54, 1.807) is 24.2 Å². The van der Waals surface area contributed by atoms with Crippen molar-refractivity contribution in [2.24, 2.45) is 5.92 Å². The van der Waals surface area contributed by atoms with Crippen LogP contribution in [0, 0.1) is 5.92 Å². The van der Waals surface area contributed by atoms with E-state index < -0.39 is 0 Å². The molecule has 0 aliphatic heterocycles. The lowest BCUT2D eigenvalue weighted by atomic mass is 10.2. The molecule has 0 amide bonds. The highest BCUT2D eigenvalue weighted by Gasteiger charge is 1.99. The summed E-state index contributed by atoms with van der Waals surface area (Å²) in [5, 5.41) is 0. The Hall–Kier alpha value is -0.740. The minimum absolute atomic E-state index is 0.598. The lowest BCUT2D eigenvalue weighted by Crippen LogP contribution is -2.04. The van der Waals surface area contributed by atoms with Crippen molar-refractivity contribution in [3.63, 3.8) is 0 Å². The molecular weight excluding hydrogens is 208 g/mol. The third-order valence-electron chi connectivity index (χ3n) is 1.75. The van der Waals surface area contributed by atoms with Gasteiger partial charge < -0.3 is 10.5 Å². The van der Waals surface area contributed by atoms with E-state index >= 15 is 0 Å². The van der Waals surface area contributed by atoms with Crippen molar-refractivity contribution >= 4 is 17.4 Å². The highest BCUT2D eigenvalue weighted by molar-refractivity contribution is 7.99. The van der Waals surface area contributed by atoms with Crippen LogP contribution in [0.5, 0.6) is 0 Å². The summed E-state index contributed by atoms with van der Waals surface area (Å²) >= 11 is 1.71. The Labute approximate surface area is 95.4 Å². The van der Waals surface area contributed by atoms with Gasteiger partial charge in [-0.1, -0.05) is 13.8 Å². The second-order valence-electron chi connectivity index (χ2n) is 3.73. The van der Waals surface area contributed by atoms with Crippen LogP contribution in [0.2, 0.25) is 0 Å². The third-order valence-corrected chi connectivity index (χ3v) is 2.80. The molecule has 1 heterocycles. The molecule has 0 bridgehead atoms. The zero-order chi connectivity index (χ0) is 11.1. The van der Waals surface area contributed by atoms with Gasteiger partial charge in [-0.15, -0.1) is 11.8 Å². The lowest BCUT2D eigenvalue weighted by molar-refractivity contribution is 0.124. The first-order valence-electron chi connectivity index (χ1n) is 5.10. The van der Waals surface area contributed by atoms with E-state index in [0.29, 0.717) is 5.92 Å². The largest absolute Gasteiger partial charge is 0.397 e. The summed E-state index contributed by atoms with van der Waals surface area (Å²) in [5.74, 6) is 1.53. The van der Waals surface area contributed by atoms with Crippen molar-refractivity contribution in [3.05, 3.63) is 18.5 Å².